The average molecular weight is 1110 g/mol. The van der Waals surface area contributed by atoms with E-state index in [0.29, 0.717) is 102 Å². The van der Waals surface area contributed by atoms with E-state index in [0.717, 1.165) is 13.0 Å². The molecule has 1 N–H and O–H groups in total. The van der Waals surface area contributed by atoms with E-state index in [9.17, 15) is 0 Å². The van der Waals surface area contributed by atoms with Gasteiger partial charge in [-0.2, -0.15) is 0 Å². The lowest BCUT2D eigenvalue weighted by Gasteiger charge is -2.66. The minimum absolute atomic E-state index is 0.221. The number of piperidine rings is 1. The Morgan fingerprint density at radius 2 is 0.690 bits per heavy atom. The largest absolute Gasteiger partial charge is 0.371 e. The van der Waals surface area contributed by atoms with Crippen molar-refractivity contribution in [2.75, 3.05) is 21.2 Å². The normalized spacial score (nSPS) is 35.6. The molecule has 6 saturated carbocycles. The van der Waals surface area contributed by atoms with Crippen LogP contribution in [0.5, 0.6) is 0 Å². The van der Waals surface area contributed by atoms with E-state index in [1.54, 1.807) is 0 Å². The van der Waals surface area contributed by atoms with Crippen LogP contribution in [0, 0.1) is 41.4 Å². The lowest BCUT2D eigenvalue weighted by Crippen LogP contribution is -2.73. The van der Waals surface area contributed by atoms with Gasteiger partial charge in [0.1, 0.15) is 0 Å². The highest BCUT2D eigenvalue weighted by molar-refractivity contribution is 6.09. The molecule has 7 nitrogen and oxygen atoms in total. The molecule has 7 heteroatoms. The standard InChI is InChI=1S/C77H84N6O/c1-4-22-49(23-5-1)79-69-36-18-19-37-70(69)80(50-24-6-2-7-25-50)73-45-61-60(44-72(73)79)54-41-40-52(82-65-32-14-10-28-55(65)56-29-11-15-33-66(56)82)42-59(54)62-46-74-76(84-75-39-21-20-38-71(75)81(74)51-26-8-3-9-27-51)47-64(62)77-63(61)43-53(48-78-77)83-67-34-16-12-30-57(67)58-31-13-17-35-68(58)83/h1-17,22-35,52-54,59-64,69-78H,18-21,36-48H2. The van der Waals surface area contributed by atoms with Crippen LogP contribution < -0.4 is 20.0 Å². The van der Waals surface area contributed by atoms with Crippen LogP contribution in [0.15, 0.2) is 188 Å². The third kappa shape index (κ3) is 7.95. The molecule has 7 aromatic carbocycles. The van der Waals surface area contributed by atoms with Gasteiger partial charge in [0.05, 0.1) is 36.4 Å². The van der Waals surface area contributed by atoms with Crippen LogP contribution in [0.2, 0.25) is 0 Å². The van der Waals surface area contributed by atoms with Crippen molar-refractivity contribution in [1.29, 1.82) is 0 Å². The molecule has 5 heterocycles. The van der Waals surface area contributed by atoms with E-state index in [1.165, 1.54) is 157 Å². The summed E-state index contributed by atoms with van der Waals surface area (Å²) < 4.78 is 13.5. The van der Waals surface area contributed by atoms with Crippen molar-refractivity contribution in [3.8, 4) is 0 Å². The molecule has 18 atom stereocenters. The fourth-order valence-corrected chi connectivity index (χ4v) is 21.8. The quantitative estimate of drug-likeness (QED) is 0.174. The van der Waals surface area contributed by atoms with Gasteiger partial charge in [-0.3, -0.25) is 0 Å². The van der Waals surface area contributed by atoms with Crippen LogP contribution in [0.4, 0.5) is 17.1 Å². The summed E-state index contributed by atoms with van der Waals surface area (Å²) in [5, 5.41) is 10.4. The Kier molecular flexibility index (Phi) is 12.4. The molecule has 6 aliphatic carbocycles. The molecule has 9 aromatic rings. The van der Waals surface area contributed by atoms with Crippen molar-refractivity contribution in [3.05, 3.63) is 188 Å². The molecule has 9 aliphatic rings. The summed E-state index contributed by atoms with van der Waals surface area (Å²) in [5.41, 5.74) is 10.0. The number of benzene rings is 7. The zero-order valence-corrected chi connectivity index (χ0v) is 49.0. The molecule has 2 aromatic heterocycles. The van der Waals surface area contributed by atoms with E-state index in [-0.39, 0.29) is 6.10 Å². The number of aromatic nitrogens is 2. The van der Waals surface area contributed by atoms with Crippen molar-refractivity contribution in [2.24, 2.45) is 41.4 Å². The molecule has 0 amide bonds. The minimum Gasteiger partial charge on any atom is -0.371 e. The van der Waals surface area contributed by atoms with E-state index in [1.807, 2.05) is 0 Å². The van der Waals surface area contributed by atoms with Crippen LogP contribution >= 0.6 is 0 Å². The first-order valence-electron chi connectivity index (χ1n) is 33.5. The Morgan fingerprint density at radius 1 is 0.298 bits per heavy atom. The number of anilines is 3. The highest BCUT2D eigenvalue weighted by Gasteiger charge is 2.62. The first-order valence-corrected chi connectivity index (χ1v) is 33.5. The number of nitrogens with zero attached hydrogens (tertiary/aromatic N) is 5. The number of nitrogens with one attached hydrogen (secondary N) is 1. The summed E-state index contributed by atoms with van der Waals surface area (Å²) in [6.07, 6.45) is 20.6. The Morgan fingerprint density at radius 3 is 1.21 bits per heavy atom. The molecule has 3 saturated heterocycles. The number of fused-ring (bicyclic) bond motifs is 18. The number of rotatable bonds is 5. The molecular formula is C77H84N6O. The van der Waals surface area contributed by atoms with Crippen molar-refractivity contribution >= 4 is 60.7 Å². The Bertz CT molecular complexity index is 3620. The summed E-state index contributed by atoms with van der Waals surface area (Å²) >= 11 is 0. The second kappa shape index (κ2) is 20.6. The van der Waals surface area contributed by atoms with Gasteiger partial charge in [-0.1, -0.05) is 153 Å². The van der Waals surface area contributed by atoms with E-state index in [2.05, 4.69) is 212 Å². The summed E-state index contributed by atoms with van der Waals surface area (Å²) in [4.78, 5) is 9.20. The molecule has 18 rings (SSSR count). The van der Waals surface area contributed by atoms with Crippen LogP contribution in [0.1, 0.15) is 115 Å². The Labute approximate surface area is 497 Å². The van der Waals surface area contributed by atoms with Gasteiger partial charge in [0.2, 0.25) is 0 Å². The highest BCUT2D eigenvalue weighted by atomic mass is 16.5. The predicted octanol–water partition coefficient (Wildman–Crippen LogP) is 16.8. The van der Waals surface area contributed by atoms with E-state index >= 15 is 0 Å². The summed E-state index contributed by atoms with van der Waals surface area (Å²) in [6, 6.07) is 77.0. The lowest BCUT2D eigenvalue weighted by atomic mass is 9.48. The van der Waals surface area contributed by atoms with Gasteiger partial charge in [-0.05, 0) is 179 Å². The van der Waals surface area contributed by atoms with Crippen molar-refractivity contribution in [2.45, 2.75) is 169 Å². The molecule has 0 radical (unpaired) electrons. The highest BCUT2D eigenvalue weighted by Crippen LogP contribution is 2.63. The maximum Gasteiger partial charge on any atom is 0.0786 e. The second-order valence-electron chi connectivity index (χ2n) is 28.1. The monoisotopic (exact) mass is 1110 g/mol. The number of morpholine rings is 1. The van der Waals surface area contributed by atoms with Crippen LogP contribution in [0.25, 0.3) is 43.6 Å². The molecule has 9 fully saturated rings. The van der Waals surface area contributed by atoms with Crippen LogP contribution in [-0.4, -0.2) is 70.2 Å². The van der Waals surface area contributed by atoms with Gasteiger partial charge in [-0.15, -0.1) is 0 Å². The molecular weight excluding hydrogens is 1020 g/mol. The fraction of sp³-hybridized carbons (Fsp3) is 0.455. The zero-order chi connectivity index (χ0) is 55.0. The Hall–Kier alpha value is -6.54. The first kappa shape index (κ1) is 50.8. The molecule has 0 bridgehead atoms. The minimum atomic E-state index is 0.221. The van der Waals surface area contributed by atoms with Crippen LogP contribution in [-0.2, 0) is 4.74 Å². The lowest BCUT2D eigenvalue weighted by molar-refractivity contribution is -0.146. The Balaban J connectivity index is 0.831. The average Bonchev–Trinajstić information content (AvgIpc) is 1.06. The summed E-state index contributed by atoms with van der Waals surface area (Å²) in [5.74, 6) is 4.05. The number of hydrogen-bond acceptors (Lipinski definition) is 5. The van der Waals surface area contributed by atoms with Gasteiger partial charge in [0.15, 0.2) is 0 Å². The maximum atomic E-state index is 7.79. The molecule has 0 spiro atoms. The van der Waals surface area contributed by atoms with Gasteiger partial charge in [-0.25, -0.2) is 0 Å². The third-order valence-corrected chi connectivity index (χ3v) is 24.6. The maximum absolute atomic E-state index is 7.79. The van der Waals surface area contributed by atoms with Crippen LogP contribution in [0.3, 0.4) is 0 Å². The zero-order valence-electron chi connectivity index (χ0n) is 49.0. The summed E-state index contributed by atoms with van der Waals surface area (Å²) in [6.45, 7) is 1.01. The summed E-state index contributed by atoms with van der Waals surface area (Å²) in [7, 11) is 0. The van der Waals surface area contributed by atoms with Gasteiger partial charge in [0, 0.05) is 97.4 Å². The topological polar surface area (TPSA) is 40.8 Å². The fourth-order valence-electron chi connectivity index (χ4n) is 21.8. The smallest absolute Gasteiger partial charge is 0.0786 e. The van der Waals surface area contributed by atoms with Crippen molar-refractivity contribution in [1.82, 2.24) is 14.5 Å². The van der Waals surface area contributed by atoms with Crippen molar-refractivity contribution in [3.63, 3.8) is 0 Å². The van der Waals surface area contributed by atoms with Gasteiger partial charge < -0.3 is 33.9 Å². The number of hydrogen-bond donors (Lipinski definition) is 1. The predicted molar refractivity (Wildman–Crippen MR) is 345 cm³/mol. The SMILES string of the molecule is c1ccc(N2C3CCCCC3OC3CC4C(CC32)C2CC(n3c5ccccc5c5ccccc53)CCC2C2CC3C(CC2C2CC(n5c6ccccc6c6ccccc65)CNC42)N(c2ccccc2)C2CCCCC2N3c2ccccc2)cc1. The second-order valence-corrected chi connectivity index (χ2v) is 28.1. The molecule has 18 unspecified atom stereocenters. The number of para-hydroxylation sites is 7. The third-order valence-electron chi connectivity index (χ3n) is 24.6. The van der Waals surface area contributed by atoms with Gasteiger partial charge >= 0.3 is 0 Å². The molecule has 84 heavy (non-hydrogen) atoms. The number of piperazine rings is 1. The van der Waals surface area contributed by atoms with Crippen molar-refractivity contribution < 1.29 is 4.74 Å². The van der Waals surface area contributed by atoms with E-state index in [4.69, 9.17) is 10.1 Å². The number of ether oxygens (including phenoxy) is 1. The molecule has 428 valence electrons. The first-order chi connectivity index (χ1) is 41.7. The van der Waals surface area contributed by atoms with Gasteiger partial charge in [0.25, 0.3) is 0 Å². The molecule has 3 aliphatic heterocycles. The van der Waals surface area contributed by atoms with E-state index < -0.39 is 0 Å².